The lowest BCUT2D eigenvalue weighted by atomic mass is 9.81. The van der Waals surface area contributed by atoms with Crippen molar-refractivity contribution in [2.24, 2.45) is 0 Å². The summed E-state index contributed by atoms with van der Waals surface area (Å²) in [6.45, 7) is 0. The van der Waals surface area contributed by atoms with Gasteiger partial charge in [-0.3, -0.25) is 0 Å². The third kappa shape index (κ3) is 2.57. The molecule has 120 valence electrons. The van der Waals surface area contributed by atoms with E-state index in [0.29, 0.717) is 6.42 Å². The zero-order chi connectivity index (χ0) is 17.1. The van der Waals surface area contributed by atoms with E-state index < -0.39 is 0 Å². The summed E-state index contributed by atoms with van der Waals surface area (Å²) in [6, 6.07) is 34.1. The monoisotopic (exact) mass is 321 g/mol. The summed E-state index contributed by atoms with van der Waals surface area (Å²) in [7, 11) is 0. The zero-order valence-electron chi connectivity index (χ0n) is 14.0. The highest BCUT2D eigenvalue weighted by Crippen LogP contribution is 2.66. The molecular weight excluding hydrogens is 302 g/mol. The quantitative estimate of drug-likeness (QED) is 0.578. The van der Waals surface area contributed by atoms with Crippen molar-refractivity contribution in [1.82, 2.24) is 0 Å². The molecule has 25 heavy (non-hydrogen) atoms. The van der Waals surface area contributed by atoms with Gasteiger partial charge in [-0.1, -0.05) is 91.0 Å². The summed E-state index contributed by atoms with van der Waals surface area (Å²) < 4.78 is 0. The van der Waals surface area contributed by atoms with Crippen LogP contribution in [-0.2, 0) is 5.41 Å². The van der Waals surface area contributed by atoms with Gasteiger partial charge in [0.15, 0.2) is 0 Å². The lowest BCUT2D eigenvalue weighted by Crippen LogP contribution is -2.13. The van der Waals surface area contributed by atoms with E-state index >= 15 is 0 Å². The van der Waals surface area contributed by atoms with Crippen LogP contribution in [0.4, 0.5) is 0 Å². The predicted molar refractivity (Wildman–Crippen MR) is 103 cm³/mol. The molecule has 3 aromatic rings. The molecule has 0 N–H and O–H groups in total. The van der Waals surface area contributed by atoms with Crippen LogP contribution in [-0.4, -0.2) is 0 Å². The van der Waals surface area contributed by atoms with Gasteiger partial charge in [0.05, 0.1) is 6.07 Å². The summed E-state index contributed by atoms with van der Waals surface area (Å²) in [4.78, 5) is 0. The van der Waals surface area contributed by atoms with Crippen molar-refractivity contribution in [2.75, 3.05) is 0 Å². The maximum Gasteiger partial charge on any atom is 0.0622 e. The SMILES string of the molecule is N#CCCC1(c2ccccc2)C(c2ccccc2)=C1c1ccccc1. The van der Waals surface area contributed by atoms with Gasteiger partial charge in [0.2, 0.25) is 0 Å². The molecule has 0 spiro atoms. The normalized spacial score (nSPS) is 14.8. The van der Waals surface area contributed by atoms with Gasteiger partial charge >= 0.3 is 0 Å². The Morgan fingerprint density at radius 1 is 0.640 bits per heavy atom. The van der Waals surface area contributed by atoms with Crippen LogP contribution in [0.3, 0.4) is 0 Å². The fourth-order valence-electron chi connectivity index (χ4n) is 3.96. The second-order valence-corrected chi connectivity index (χ2v) is 6.41. The Kier molecular flexibility index (Phi) is 3.96. The van der Waals surface area contributed by atoms with E-state index in [-0.39, 0.29) is 5.41 Å². The number of nitriles is 1. The molecule has 0 aromatic heterocycles. The van der Waals surface area contributed by atoms with Crippen LogP contribution in [0.5, 0.6) is 0 Å². The summed E-state index contributed by atoms with van der Waals surface area (Å²) in [6.07, 6.45) is 1.36. The predicted octanol–water partition coefficient (Wildman–Crippen LogP) is 5.85. The van der Waals surface area contributed by atoms with E-state index in [1.807, 2.05) is 18.2 Å². The summed E-state index contributed by atoms with van der Waals surface area (Å²) in [5.74, 6) is 0. The highest BCUT2D eigenvalue weighted by atomic mass is 14.6. The molecule has 0 radical (unpaired) electrons. The average Bonchev–Trinajstić information content (AvgIpc) is 3.38. The Bertz CT molecular complexity index is 882. The molecule has 1 nitrogen and oxygen atoms in total. The summed E-state index contributed by atoms with van der Waals surface area (Å²) in [5.41, 5.74) is 6.36. The fourth-order valence-corrected chi connectivity index (χ4v) is 3.96. The molecule has 4 rings (SSSR count). The van der Waals surface area contributed by atoms with Crippen molar-refractivity contribution >= 4 is 11.1 Å². The van der Waals surface area contributed by atoms with Gasteiger partial charge in [-0.2, -0.15) is 5.26 Å². The molecule has 0 amide bonds. The average molecular weight is 321 g/mol. The first-order valence-corrected chi connectivity index (χ1v) is 8.66. The second kappa shape index (κ2) is 6.42. The Morgan fingerprint density at radius 2 is 1.08 bits per heavy atom. The van der Waals surface area contributed by atoms with Gasteiger partial charge in [-0.05, 0) is 34.3 Å². The largest absolute Gasteiger partial charge is 0.198 e. The van der Waals surface area contributed by atoms with E-state index in [1.165, 1.54) is 27.8 Å². The number of benzene rings is 3. The molecule has 1 heteroatoms. The minimum Gasteiger partial charge on any atom is -0.198 e. The molecule has 0 bridgehead atoms. The molecule has 0 fully saturated rings. The molecule has 0 saturated carbocycles. The van der Waals surface area contributed by atoms with Gasteiger partial charge in [0.1, 0.15) is 0 Å². The Balaban J connectivity index is 1.90. The molecule has 0 unspecified atom stereocenters. The molecule has 3 aromatic carbocycles. The summed E-state index contributed by atoms with van der Waals surface area (Å²) >= 11 is 0. The Morgan fingerprint density at radius 3 is 1.52 bits per heavy atom. The van der Waals surface area contributed by atoms with Crippen molar-refractivity contribution in [3.05, 3.63) is 108 Å². The van der Waals surface area contributed by atoms with Gasteiger partial charge in [0, 0.05) is 11.8 Å². The van der Waals surface area contributed by atoms with Crippen LogP contribution in [0.25, 0.3) is 11.1 Å². The third-order valence-corrected chi connectivity index (χ3v) is 5.04. The Labute approximate surface area is 148 Å². The summed E-state index contributed by atoms with van der Waals surface area (Å²) in [5, 5.41) is 9.25. The van der Waals surface area contributed by atoms with Gasteiger partial charge in [-0.15, -0.1) is 0 Å². The van der Waals surface area contributed by atoms with Crippen molar-refractivity contribution in [2.45, 2.75) is 18.3 Å². The number of nitrogens with zero attached hydrogens (tertiary/aromatic N) is 1. The van der Waals surface area contributed by atoms with Crippen LogP contribution < -0.4 is 0 Å². The van der Waals surface area contributed by atoms with Crippen LogP contribution >= 0.6 is 0 Å². The van der Waals surface area contributed by atoms with Crippen molar-refractivity contribution in [3.63, 3.8) is 0 Å². The topological polar surface area (TPSA) is 23.8 Å². The van der Waals surface area contributed by atoms with Gasteiger partial charge in [-0.25, -0.2) is 0 Å². The number of allylic oxidation sites excluding steroid dienone is 2. The van der Waals surface area contributed by atoms with Crippen molar-refractivity contribution in [1.29, 1.82) is 5.26 Å². The third-order valence-electron chi connectivity index (χ3n) is 5.04. The van der Waals surface area contributed by atoms with E-state index in [9.17, 15) is 5.26 Å². The molecule has 1 aliphatic rings. The van der Waals surface area contributed by atoms with Crippen LogP contribution in [0.1, 0.15) is 29.5 Å². The van der Waals surface area contributed by atoms with Crippen LogP contribution in [0.2, 0.25) is 0 Å². The molecule has 0 aliphatic heterocycles. The second-order valence-electron chi connectivity index (χ2n) is 6.41. The van der Waals surface area contributed by atoms with E-state index in [2.05, 4.69) is 78.9 Å². The smallest absolute Gasteiger partial charge is 0.0622 e. The highest BCUT2D eigenvalue weighted by molar-refractivity contribution is 6.19. The van der Waals surface area contributed by atoms with Gasteiger partial charge in [0.25, 0.3) is 0 Å². The maximum atomic E-state index is 9.25. The lowest BCUT2D eigenvalue weighted by Gasteiger charge is -2.20. The number of rotatable bonds is 5. The minimum absolute atomic E-state index is 0.153. The molecular formula is C24H19N. The van der Waals surface area contributed by atoms with Crippen molar-refractivity contribution in [3.8, 4) is 6.07 Å². The van der Waals surface area contributed by atoms with E-state index in [4.69, 9.17) is 0 Å². The standard InChI is InChI=1S/C24H19N/c25-18-10-17-24(21-15-8-3-9-16-21)22(19-11-4-1-5-12-19)23(24)20-13-6-2-7-14-20/h1-9,11-16H,10,17H2. The first-order valence-electron chi connectivity index (χ1n) is 8.66. The zero-order valence-corrected chi connectivity index (χ0v) is 14.0. The fraction of sp³-hybridized carbons (Fsp3) is 0.125. The minimum atomic E-state index is -0.153. The molecule has 0 atom stereocenters. The van der Waals surface area contributed by atoms with Crippen LogP contribution in [0, 0.1) is 11.3 Å². The molecule has 0 saturated heterocycles. The van der Waals surface area contributed by atoms with Crippen molar-refractivity contribution < 1.29 is 0 Å². The van der Waals surface area contributed by atoms with Gasteiger partial charge < -0.3 is 0 Å². The Hall–Kier alpha value is -3.11. The van der Waals surface area contributed by atoms with Crippen LogP contribution in [0.15, 0.2) is 91.0 Å². The first kappa shape index (κ1) is 15.4. The highest BCUT2D eigenvalue weighted by Gasteiger charge is 2.54. The first-order chi connectivity index (χ1) is 12.4. The van der Waals surface area contributed by atoms with E-state index in [0.717, 1.165) is 6.42 Å². The molecule has 1 aliphatic carbocycles. The number of hydrogen-bond donors (Lipinski definition) is 0. The molecule has 0 heterocycles. The number of hydrogen-bond acceptors (Lipinski definition) is 1. The maximum absolute atomic E-state index is 9.25. The van der Waals surface area contributed by atoms with E-state index in [1.54, 1.807) is 0 Å². The lowest BCUT2D eigenvalue weighted by molar-refractivity contribution is 0.707.